The Labute approximate surface area is 191 Å². The average molecular weight is 468 g/mol. The fraction of sp³-hybridized carbons (Fsp3) is 0.0909. The zero-order valence-electron chi connectivity index (χ0n) is 17.2. The molecule has 0 saturated carbocycles. The second kappa shape index (κ2) is 9.33. The average Bonchev–Trinajstić information content (AvgIpc) is 3.45. The lowest BCUT2D eigenvalue weighted by Gasteiger charge is -2.09. The van der Waals surface area contributed by atoms with Crippen molar-refractivity contribution in [2.45, 2.75) is 4.90 Å². The minimum absolute atomic E-state index is 0.0148. The second-order valence-electron chi connectivity index (χ2n) is 6.87. The van der Waals surface area contributed by atoms with Gasteiger partial charge in [-0.2, -0.15) is 0 Å². The van der Waals surface area contributed by atoms with E-state index in [1.54, 1.807) is 50.5 Å². The van der Waals surface area contributed by atoms with E-state index in [4.69, 9.17) is 0 Å². The monoisotopic (exact) mass is 467 g/mol. The first-order chi connectivity index (χ1) is 15.4. The number of halogens is 1. The van der Waals surface area contributed by atoms with E-state index in [1.807, 2.05) is 17.5 Å². The van der Waals surface area contributed by atoms with Crippen molar-refractivity contribution >= 4 is 39.9 Å². The van der Waals surface area contributed by atoms with Crippen LogP contribution >= 0.6 is 23.1 Å². The van der Waals surface area contributed by atoms with E-state index in [1.165, 1.54) is 33.1 Å². The lowest BCUT2D eigenvalue weighted by molar-refractivity contribution is 0.101. The number of rotatable bonds is 5. The molecular formula is C22H18FN5O2S2. The number of hydrogen-bond donors (Lipinski definition) is 1. The summed E-state index contributed by atoms with van der Waals surface area (Å²) in [7, 11) is 3.37. The van der Waals surface area contributed by atoms with Gasteiger partial charge in [0.2, 0.25) is 5.82 Å². The third-order valence-electron chi connectivity index (χ3n) is 4.31. The molecule has 7 nitrogen and oxygen atoms in total. The Bertz CT molecular complexity index is 1240. The molecule has 0 radical (unpaired) electrons. The van der Waals surface area contributed by atoms with E-state index >= 15 is 0 Å². The van der Waals surface area contributed by atoms with Gasteiger partial charge in [0, 0.05) is 24.7 Å². The maximum atomic E-state index is 13.4. The number of aromatic nitrogens is 3. The van der Waals surface area contributed by atoms with Gasteiger partial charge in [0.05, 0.1) is 10.6 Å². The first kappa shape index (κ1) is 21.7. The highest BCUT2D eigenvalue weighted by Gasteiger charge is 2.20. The number of hydrogen-bond acceptors (Lipinski definition) is 6. The van der Waals surface area contributed by atoms with Crippen LogP contribution in [0.5, 0.6) is 0 Å². The van der Waals surface area contributed by atoms with Crippen LogP contribution in [-0.4, -0.2) is 44.9 Å². The van der Waals surface area contributed by atoms with Crippen LogP contribution in [0.2, 0.25) is 0 Å². The highest BCUT2D eigenvalue weighted by molar-refractivity contribution is 8.13. The quantitative estimate of drug-likeness (QED) is 0.410. The zero-order chi connectivity index (χ0) is 22.7. The van der Waals surface area contributed by atoms with Gasteiger partial charge < -0.3 is 10.2 Å². The third-order valence-corrected chi connectivity index (χ3v) is 6.22. The normalized spacial score (nSPS) is 10.7. The van der Waals surface area contributed by atoms with Crippen LogP contribution in [0.4, 0.5) is 14.9 Å². The molecule has 0 saturated heterocycles. The number of anilines is 1. The summed E-state index contributed by atoms with van der Waals surface area (Å²) in [6, 6.07) is 16.5. The Hall–Kier alpha value is -3.50. The van der Waals surface area contributed by atoms with Crippen molar-refractivity contribution < 1.29 is 14.0 Å². The molecule has 32 heavy (non-hydrogen) atoms. The highest BCUT2D eigenvalue weighted by Crippen LogP contribution is 2.26. The number of thioether (sulfide) groups is 1. The summed E-state index contributed by atoms with van der Waals surface area (Å²) >= 11 is 2.56. The van der Waals surface area contributed by atoms with E-state index in [0.717, 1.165) is 21.5 Å². The van der Waals surface area contributed by atoms with Crippen molar-refractivity contribution in [1.29, 1.82) is 0 Å². The van der Waals surface area contributed by atoms with Gasteiger partial charge in [0.1, 0.15) is 5.82 Å². The van der Waals surface area contributed by atoms with Crippen molar-refractivity contribution in [3.8, 4) is 16.4 Å². The summed E-state index contributed by atoms with van der Waals surface area (Å²) in [6.07, 6.45) is 0. The second-order valence-corrected chi connectivity index (χ2v) is 8.84. The van der Waals surface area contributed by atoms with Crippen LogP contribution in [0, 0.1) is 5.82 Å². The minimum atomic E-state index is -0.478. The predicted molar refractivity (Wildman–Crippen MR) is 124 cm³/mol. The number of nitrogens with zero attached hydrogens (tertiary/aromatic N) is 4. The Morgan fingerprint density at radius 1 is 1.06 bits per heavy atom. The standard InChI is InChI=1S/C22H18FN5O2S2/c1-27(2)22(30)32-17-11-7-15(8-12-17)24-21(29)19-25-20(18-4-3-13-31-18)28(26-19)16-9-5-14(23)6-10-16/h3-13H,1-2H3,(H,24,29). The van der Waals surface area contributed by atoms with Crippen LogP contribution < -0.4 is 5.32 Å². The fourth-order valence-corrected chi connectivity index (χ4v) is 4.08. The largest absolute Gasteiger partial charge is 0.339 e. The molecule has 0 aliphatic rings. The molecule has 0 spiro atoms. The summed E-state index contributed by atoms with van der Waals surface area (Å²) < 4.78 is 14.9. The number of thiophene rings is 1. The summed E-state index contributed by atoms with van der Waals surface area (Å²) in [6.45, 7) is 0. The Morgan fingerprint density at radius 3 is 2.41 bits per heavy atom. The van der Waals surface area contributed by atoms with Gasteiger partial charge in [-0.05, 0) is 71.7 Å². The van der Waals surface area contributed by atoms with E-state index in [-0.39, 0.29) is 16.9 Å². The molecule has 0 fully saturated rings. The first-order valence-electron chi connectivity index (χ1n) is 9.48. The maximum Gasteiger partial charge on any atom is 0.295 e. The van der Waals surface area contributed by atoms with Crippen molar-refractivity contribution in [3.63, 3.8) is 0 Å². The maximum absolute atomic E-state index is 13.4. The van der Waals surface area contributed by atoms with E-state index in [2.05, 4.69) is 15.4 Å². The van der Waals surface area contributed by atoms with Crippen molar-refractivity contribution in [2.75, 3.05) is 19.4 Å². The molecule has 4 aromatic rings. The Balaban J connectivity index is 1.57. The van der Waals surface area contributed by atoms with Crippen molar-refractivity contribution in [3.05, 3.63) is 77.7 Å². The van der Waals surface area contributed by atoms with E-state index in [9.17, 15) is 14.0 Å². The molecular weight excluding hydrogens is 449 g/mol. The molecule has 0 bridgehead atoms. The van der Waals surface area contributed by atoms with Gasteiger partial charge >= 0.3 is 0 Å². The minimum Gasteiger partial charge on any atom is -0.339 e. The lowest BCUT2D eigenvalue weighted by Crippen LogP contribution is -2.16. The summed E-state index contributed by atoms with van der Waals surface area (Å²) in [5, 5.41) is 8.95. The van der Waals surface area contributed by atoms with Crippen LogP contribution in [0.3, 0.4) is 0 Å². The lowest BCUT2D eigenvalue weighted by atomic mass is 10.3. The number of benzene rings is 2. The smallest absolute Gasteiger partial charge is 0.295 e. The van der Waals surface area contributed by atoms with Gasteiger partial charge in [0.25, 0.3) is 11.1 Å². The summed E-state index contributed by atoms with van der Waals surface area (Å²) in [5.41, 5.74) is 1.14. The van der Waals surface area contributed by atoms with Crippen LogP contribution in [0.1, 0.15) is 10.6 Å². The summed E-state index contributed by atoms with van der Waals surface area (Å²) in [4.78, 5) is 32.1. The van der Waals surface area contributed by atoms with E-state index < -0.39 is 5.91 Å². The molecule has 4 rings (SSSR count). The molecule has 2 aromatic heterocycles. The molecule has 0 aliphatic heterocycles. The number of amides is 2. The molecule has 0 atom stereocenters. The molecule has 0 unspecified atom stereocenters. The van der Waals surface area contributed by atoms with Gasteiger partial charge in [-0.1, -0.05) is 6.07 Å². The molecule has 2 amide bonds. The third kappa shape index (κ3) is 4.87. The van der Waals surface area contributed by atoms with Crippen LogP contribution in [-0.2, 0) is 0 Å². The predicted octanol–water partition coefficient (Wildman–Crippen LogP) is 5.16. The van der Waals surface area contributed by atoms with Gasteiger partial charge in [0.15, 0.2) is 5.82 Å². The highest BCUT2D eigenvalue weighted by atomic mass is 32.2. The number of carbonyl (C=O) groups excluding carboxylic acids is 2. The topological polar surface area (TPSA) is 80.1 Å². The van der Waals surface area contributed by atoms with Crippen LogP contribution in [0.25, 0.3) is 16.4 Å². The Kier molecular flexibility index (Phi) is 6.33. The van der Waals surface area contributed by atoms with Gasteiger partial charge in [-0.3, -0.25) is 9.59 Å². The molecule has 162 valence electrons. The van der Waals surface area contributed by atoms with Crippen molar-refractivity contribution in [2.24, 2.45) is 0 Å². The molecule has 1 N–H and O–H groups in total. The first-order valence-corrected chi connectivity index (χ1v) is 11.2. The SMILES string of the molecule is CN(C)C(=O)Sc1ccc(NC(=O)c2nc(-c3cccs3)n(-c3ccc(F)cc3)n2)cc1. The Morgan fingerprint density at radius 2 is 1.78 bits per heavy atom. The van der Waals surface area contributed by atoms with Gasteiger partial charge in [-0.15, -0.1) is 16.4 Å². The molecule has 10 heteroatoms. The summed E-state index contributed by atoms with van der Waals surface area (Å²) in [5.74, 6) is -0.364. The zero-order valence-corrected chi connectivity index (χ0v) is 18.8. The van der Waals surface area contributed by atoms with Gasteiger partial charge in [-0.25, -0.2) is 14.1 Å². The molecule has 0 aliphatic carbocycles. The number of carbonyl (C=O) groups is 2. The molecule has 2 heterocycles. The molecule has 2 aromatic carbocycles. The van der Waals surface area contributed by atoms with Crippen molar-refractivity contribution in [1.82, 2.24) is 19.7 Å². The fourth-order valence-electron chi connectivity index (χ4n) is 2.72. The van der Waals surface area contributed by atoms with Crippen LogP contribution in [0.15, 0.2) is 70.9 Å². The van der Waals surface area contributed by atoms with E-state index in [0.29, 0.717) is 17.2 Å². The number of nitrogens with one attached hydrogen (secondary N) is 1.